The quantitative estimate of drug-likeness (QED) is 0.744. The van der Waals surface area contributed by atoms with Crippen LogP contribution in [0.2, 0.25) is 0 Å². The third kappa shape index (κ3) is 2.36. The zero-order valence-electron chi connectivity index (χ0n) is 8.35. The normalized spacial score (nSPS) is 10.8. The minimum atomic E-state index is 0.577. The lowest BCUT2D eigenvalue weighted by atomic mass is 10.3. The predicted molar refractivity (Wildman–Crippen MR) is 55.5 cm³/mol. The molecule has 6 heteroatoms. The zero-order chi connectivity index (χ0) is 10.7. The molecule has 0 bridgehead atoms. The summed E-state index contributed by atoms with van der Waals surface area (Å²) in [4.78, 5) is 4.24. The van der Waals surface area contributed by atoms with Crippen LogP contribution in [0.5, 0.6) is 0 Å². The molecule has 2 aromatic rings. The molecule has 0 spiro atoms. The van der Waals surface area contributed by atoms with Crippen molar-refractivity contribution in [3.05, 3.63) is 18.3 Å². The zero-order valence-corrected chi connectivity index (χ0v) is 9.11. The highest BCUT2D eigenvalue weighted by Gasteiger charge is 2.09. The Morgan fingerprint density at radius 2 is 2.40 bits per heavy atom. The first-order chi connectivity index (χ1) is 7.29. The number of hydrogen-bond acceptors (Lipinski definition) is 4. The molecule has 80 valence electrons. The maximum Gasteiger partial charge on any atom is 0.227 e. The Hall–Kier alpha value is -1.36. The van der Waals surface area contributed by atoms with Crippen molar-refractivity contribution >= 4 is 11.6 Å². The van der Waals surface area contributed by atoms with Crippen molar-refractivity contribution in [2.75, 3.05) is 5.88 Å². The maximum atomic E-state index is 5.58. The Kier molecular flexibility index (Phi) is 3.01. The summed E-state index contributed by atoms with van der Waals surface area (Å²) in [7, 11) is 1.85. The van der Waals surface area contributed by atoms with Gasteiger partial charge in [-0.1, -0.05) is 5.16 Å². The molecule has 0 unspecified atom stereocenters. The molecular formula is C9H11ClN4O. The van der Waals surface area contributed by atoms with Gasteiger partial charge in [0.1, 0.15) is 0 Å². The fraction of sp³-hybridized carbons (Fsp3) is 0.444. The van der Waals surface area contributed by atoms with Crippen LogP contribution in [0.25, 0.3) is 11.4 Å². The lowest BCUT2D eigenvalue weighted by Gasteiger charge is -1.87. The standard InChI is InChI=1S/C9H11ClN4O/c1-14-6-7(5-11-14)9-12-8(15-13-9)3-2-4-10/h5-6H,2-4H2,1H3. The molecule has 0 radical (unpaired) electrons. The summed E-state index contributed by atoms with van der Waals surface area (Å²) in [6, 6.07) is 0. The molecule has 0 saturated heterocycles. The lowest BCUT2D eigenvalue weighted by molar-refractivity contribution is 0.378. The van der Waals surface area contributed by atoms with E-state index >= 15 is 0 Å². The first-order valence-electron chi connectivity index (χ1n) is 4.67. The number of aromatic nitrogens is 4. The topological polar surface area (TPSA) is 56.7 Å². The molecule has 0 fully saturated rings. The second kappa shape index (κ2) is 4.44. The van der Waals surface area contributed by atoms with Gasteiger partial charge >= 0.3 is 0 Å². The molecular weight excluding hydrogens is 216 g/mol. The minimum Gasteiger partial charge on any atom is -0.339 e. The van der Waals surface area contributed by atoms with E-state index in [-0.39, 0.29) is 0 Å². The highest BCUT2D eigenvalue weighted by molar-refractivity contribution is 6.17. The molecule has 2 aromatic heterocycles. The van der Waals surface area contributed by atoms with E-state index in [1.165, 1.54) is 0 Å². The van der Waals surface area contributed by atoms with Crippen LogP contribution in [0.1, 0.15) is 12.3 Å². The van der Waals surface area contributed by atoms with Gasteiger partial charge in [0.15, 0.2) is 0 Å². The van der Waals surface area contributed by atoms with Gasteiger partial charge in [-0.25, -0.2) is 0 Å². The van der Waals surface area contributed by atoms with E-state index in [1.807, 2.05) is 13.2 Å². The van der Waals surface area contributed by atoms with E-state index in [0.29, 0.717) is 17.6 Å². The largest absolute Gasteiger partial charge is 0.339 e. The maximum absolute atomic E-state index is 5.58. The molecule has 0 N–H and O–H groups in total. The molecule has 2 rings (SSSR count). The van der Waals surface area contributed by atoms with Gasteiger partial charge in [-0.2, -0.15) is 10.1 Å². The Balaban J connectivity index is 2.13. The van der Waals surface area contributed by atoms with Crippen molar-refractivity contribution in [3.8, 4) is 11.4 Å². The summed E-state index contributed by atoms with van der Waals surface area (Å²) >= 11 is 5.58. The van der Waals surface area contributed by atoms with Gasteiger partial charge in [0, 0.05) is 25.5 Å². The monoisotopic (exact) mass is 226 g/mol. The van der Waals surface area contributed by atoms with E-state index in [2.05, 4.69) is 15.2 Å². The Morgan fingerprint density at radius 3 is 3.07 bits per heavy atom. The van der Waals surface area contributed by atoms with Crippen LogP contribution in [0.15, 0.2) is 16.9 Å². The molecule has 0 aromatic carbocycles. The van der Waals surface area contributed by atoms with Crippen LogP contribution < -0.4 is 0 Å². The molecule has 2 heterocycles. The third-order valence-corrected chi connectivity index (χ3v) is 2.22. The Labute approximate surface area is 92.0 Å². The predicted octanol–water partition coefficient (Wildman–Crippen LogP) is 1.64. The summed E-state index contributed by atoms with van der Waals surface area (Å²) in [5, 5.41) is 7.91. The smallest absolute Gasteiger partial charge is 0.227 e. The van der Waals surface area contributed by atoms with Gasteiger partial charge in [-0.05, 0) is 6.42 Å². The Morgan fingerprint density at radius 1 is 1.53 bits per heavy atom. The van der Waals surface area contributed by atoms with E-state index < -0.39 is 0 Å². The van der Waals surface area contributed by atoms with Gasteiger partial charge in [-0.15, -0.1) is 11.6 Å². The van der Waals surface area contributed by atoms with Crippen LogP contribution in [-0.4, -0.2) is 25.8 Å². The first kappa shape index (κ1) is 10.2. The molecule has 0 aliphatic heterocycles. The number of nitrogens with zero attached hydrogens (tertiary/aromatic N) is 4. The number of alkyl halides is 1. The average Bonchev–Trinajstić information content (AvgIpc) is 2.83. The van der Waals surface area contributed by atoms with Crippen molar-refractivity contribution in [1.82, 2.24) is 19.9 Å². The van der Waals surface area contributed by atoms with Gasteiger partial charge in [0.25, 0.3) is 0 Å². The molecule has 5 nitrogen and oxygen atoms in total. The Bertz CT molecular complexity index is 437. The molecule has 0 saturated carbocycles. The highest BCUT2D eigenvalue weighted by atomic mass is 35.5. The second-order valence-corrected chi connectivity index (χ2v) is 3.58. The number of aryl methyl sites for hydroxylation is 2. The van der Waals surface area contributed by atoms with Crippen LogP contribution in [0.3, 0.4) is 0 Å². The van der Waals surface area contributed by atoms with Crippen molar-refractivity contribution in [1.29, 1.82) is 0 Å². The van der Waals surface area contributed by atoms with E-state index in [0.717, 1.165) is 18.4 Å². The lowest BCUT2D eigenvalue weighted by Crippen LogP contribution is -1.86. The molecule has 0 aliphatic rings. The average molecular weight is 227 g/mol. The summed E-state index contributed by atoms with van der Waals surface area (Å²) < 4.78 is 6.77. The van der Waals surface area contributed by atoms with E-state index in [9.17, 15) is 0 Å². The van der Waals surface area contributed by atoms with Gasteiger partial charge in [0.05, 0.1) is 11.8 Å². The fourth-order valence-electron chi connectivity index (χ4n) is 1.23. The van der Waals surface area contributed by atoms with Gasteiger partial charge in [0.2, 0.25) is 11.7 Å². The fourth-order valence-corrected chi connectivity index (χ4v) is 1.36. The van der Waals surface area contributed by atoms with E-state index in [4.69, 9.17) is 16.1 Å². The minimum absolute atomic E-state index is 0.577. The number of hydrogen-bond donors (Lipinski definition) is 0. The van der Waals surface area contributed by atoms with E-state index in [1.54, 1.807) is 10.9 Å². The second-order valence-electron chi connectivity index (χ2n) is 3.21. The van der Waals surface area contributed by atoms with Crippen molar-refractivity contribution in [3.63, 3.8) is 0 Å². The summed E-state index contributed by atoms with van der Waals surface area (Å²) in [5.74, 6) is 1.80. The number of rotatable bonds is 4. The van der Waals surface area contributed by atoms with Crippen molar-refractivity contribution < 1.29 is 4.52 Å². The summed E-state index contributed by atoms with van der Waals surface area (Å²) in [5.41, 5.74) is 0.860. The summed E-state index contributed by atoms with van der Waals surface area (Å²) in [6.45, 7) is 0. The highest BCUT2D eigenvalue weighted by Crippen LogP contribution is 2.14. The third-order valence-electron chi connectivity index (χ3n) is 1.96. The van der Waals surface area contributed by atoms with Crippen LogP contribution in [0.4, 0.5) is 0 Å². The molecule has 0 amide bonds. The van der Waals surface area contributed by atoms with Gasteiger partial charge in [-0.3, -0.25) is 4.68 Å². The van der Waals surface area contributed by atoms with Crippen LogP contribution in [0, 0.1) is 0 Å². The van der Waals surface area contributed by atoms with Gasteiger partial charge < -0.3 is 4.52 Å². The number of halogens is 1. The summed E-state index contributed by atoms with van der Waals surface area (Å²) in [6.07, 6.45) is 5.11. The molecule has 0 atom stereocenters. The van der Waals surface area contributed by atoms with Crippen LogP contribution in [-0.2, 0) is 13.5 Å². The van der Waals surface area contributed by atoms with Crippen LogP contribution >= 0.6 is 11.6 Å². The SMILES string of the molecule is Cn1cc(-c2noc(CCCCl)n2)cn1. The molecule has 15 heavy (non-hydrogen) atoms. The molecule has 0 aliphatic carbocycles. The van der Waals surface area contributed by atoms with Crippen molar-refractivity contribution in [2.24, 2.45) is 7.05 Å². The first-order valence-corrected chi connectivity index (χ1v) is 5.20. The van der Waals surface area contributed by atoms with Crippen molar-refractivity contribution in [2.45, 2.75) is 12.8 Å².